The fourth-order valence-electron chi connectivity index (χ4n) is 4.06. The second-order valence-corrected chi connectivity index (χ2v) is 10.2. The van der Waals surface area contributed by atoms with Crippen molar-refractivity contribution in [1.82, 2.24) is 4.31 Å². The van der Waals surface area contributed by atoms with E-state index in [1.54, 1.807) is 19.2 Å². The Bertz CT molecular complexity index is 1410. The Morgan fingerprint density at radius 1 is 0.973 bits per heavy atom. The lowest BCUT2D eigenvalue weighted by Crippen LogP contribution is -2.48. The van der Waals surface area contributed by atoms with Crippen molar-refractivity contribution in [1.29, 1.82) is 0 Å². The first-order valence-electron chi connectivity index (χ1n) is 11.5. The molecule has 4 rings (SSSR count). The fourth-order valence-corrected chi connectivity index (χ4v) is 5.49. The lowest BCUT2D eigenvalue weighted by atomic mass is 10.1. The summed E-state index contributed by atoms with van der Waals surface area (Å²) in [6.07, 6.45) is 2.55. The van der Waals surface area contributed by atoms with Crippen LogP contribution in [0.5, 0.6) is 5.75 Å². The molecule has 1 aliphatic rings. The van der Waals surface area contributed by atoms with Crippen LogP contribution in [-0.2, 0) is 14.8 Å². The summed E-state index contributed by atoms with van der Waals surface area (Å²) >= 11 is 0. The molecule has 10 nitrogen and oxygen atoms in total. The van der Waals surface area contributed by atoms with E-state index in [0.717, 1.165) is 11.4 Å². The van der Waals surface area contributed by atoms with E-state index in [-0.39, 0.29) is 10.6 Å². The molecule has 0 saturated carbocycles. The predicted molar refractivity (Wildman–Crippen MR) is 141 cm³/mol. The molecule has 11 heteroatoms. The van der Waals surface area contributed by atoms with Gasteiger partial charge in [0.15, 0.2) is 0 Å². The number of carbonyl (C=O) groups excluding carboxylic acids is 1. The Labute approximate surface area is 215 Å². The van der Waals surface area contributed by atoms with Crippen molar-refractivity contribution in [2.75, 3.05) is 43.5 Å². The Morgan fingerprint density at radius 3 is 2.30 bits per heavy atom. The molecule has 0 spiro atoms. The molecule has 1 heterocycles. The van der Waals surface area contributed by atoms with Crippen LogP contribution in [0.25, 0.3) is 6.08 Å². The zero-order chi connectivity index (χ0) is 26.4. The number of nitrogens with zero attached hydrogens (tertiary/aromatic N) is 3. The maximum atomic E-state index is 13.2. The maximum Gasteiger partial charge on any atom is 0.276 e. The molecule has 0 unspecified atom stereocenters. The minimum atomic E-state index is -3.70. The van der Waals surface area contributed by atoms with E-state index in [1.807, 2.05) is 24.3 Å². The molecular weight excluding hydrogens is 496 g/mol. The normalized spacial score (nSPS) is 14.5. The van der Waals surface area contributed by atoms with E-state index in [9.17, 15) is 23.3 Å². The molecule has 1 fully saturated rings. The van der Waals surface area contributed by atoms with E-state index < -0.39 is 20.9 Å². The summed E-state index contributed by atoms with van der Waals surface area (Å²) in [4.78, 5) is 25.1. The average molecular weight is 523 g/mol. The Morgan fingerprint density at radius 2 is 1.62 bits per heavy atom. The molecule has 0 aromatic heterocycles. The van der Waals surface area contributed by atoms with Crippen LogP contribution in [0.1, 0.15) is 5.56 Å². The van der Waals surface area contributed by atoms with Gasteiger partial charge in [-0.3, -0.25) is 14.9 Å². The number of benzene rings is 3. The summed E-state index contributed by atoms with van der Waals surface area (Å²) in [6, 6.07) is 19.6. The zero-order valence-corrected chi connectivity index (χ0v) is 20.9. The topological polar surface area (TPSA) is 122 Å². The highest BCUT2D eigenvalue weighted by Gasteiger charge is 2.29. The first-order valence-corrected chi connectivity index (χ1v) is 12.9. The van der Waals surface area contributed by atoms with Gasteiger partial charge in [0.25, 0.3) is 5.69 Å². The number of anilines is 2. The Hall–Kier alpha value is -4.22. The minimum Gasteiger partial charge on any atom is -0.495 e. The Balaban J connectivity index is 1.37. The number of sulfonamides is 1. The van der Waals surface area contributed by atoms with Gasteiger partial charge in [0, 0.05) is 44.0 Å². The maximum absolute atomic E-state index is 13.2. The molecule has 1 saturated heterocycles. The molecular formula is C26H26N4O6S. The van der Waals surface area contributed by atoms with Gasteiger partial charge in [-0.1, -0.05) is 24.3 Å². The molecule has 0 bridgehead atoms. The standard InChI is InChI=1S/C26H26N4O6S/c1-36-25-9-5-4-8-24(25)28-16-18-29(19-17-28)37(34,35)22-13-11-21(12-14-22)27-26(31)15-10-20-6-2-3-7-23(20)30(32)33/h2-15H,16-19H2,1H3,(H,27,31)/b15-10+. The van der Waals surface area contributed by atoms with E-state index in [1.165, 1.54) is 52.9 Å². The van der Waals surface area contributed by atoms with Gasteiger partial charge in [0.2, 0.25) is 15.9 Å². The van der Waals surface area contributed by atoms with Crippen molar-refractivity contribution < 1.29 is 22.9 Å². The van der Waals surface area contributed by atoms with Crippen LogP contribution in [0.2, 0.25) is 0 Å². The van der Waals surface area contributed by atoms with Crippen LogP contribution < -0.4 is 15.0 Å². The van der Waals surface area contributed by atoms with Crippen LogP contribution in [0.3, 0.4) is 0 Å². The van der Waals surface area contributed by atoms with Gasteiger partial charge in [-0.15, -0.1) is 0 Å². The molecule has 1 amide bonds. The number of amides is 1. The van der Waals surface area contributed by atoms with E-state index in [2.05, 4.69) is 10.2 Å². The molecule has 37 heavy (non-hydrogen) atoms. The molecule has 0 aliphatic carbocycles. The monoisotopic (exact) mass is 522 g/mol. The van der Waals surface area contributed by atoms with Crippen molar-refractivity contribution in [3.05, 3.63) is 94.6 Å². The lowest BCUT2D eigenvalue weighted by Gasteiger charge is -2.35. The lowest BCUT2D eigenvalue weighted by molar-refractivity contribution is -0.385. The second kappa shape index (κ2) is 11.2. The van der Waals surface area contributed by atoms with Crippen LogP contribution in [0, 0.1) is 10.1 Å². The highest BCUT2D eigenvalue weighted by atomic mass is 32.2. The smallest absolute Gasteiger partial charge is 0.276 e. The van der Waals surface area contributed by atoms with Crippen LogP contribution >= 0.6 is 0 Å². The number of methoxy groups -OCH3 is 1. The highest BCUT2D eigenvalue weighted by Crippen LogP contribution is 2.29. The number of para-hydroxylation sites is 3. The number of hydrogen-bond donors (Lipinski definition) is 1. The number of nitrogens with one attached hydrogen (secondary N) is 1. The largest absolute Gasteiger partial charge is 0.495 e. The second-order valence-electron chi connectivity index (χ2n) is 8.23. The first kappa shape index (κ1) is 25.9. The van der Waals surface area contributed by atoms with Crippen molar-refractivity contribution in [3.63, 3.8) is 0 Å². The number of ether oxygens (including phenoxy) is 1. The third kappa shape index (κ3) is 5.96. The van der Waals surface area contributed by atoms with Gasteiger partial charge in [0.05, 0.1) is 28.2 Å². The highest BCUT2D eigenvalue weighted by molar-refractivity contribution is 7.89. The number of piperazine rings is 1. The average Bonchev–Trinajstić information content (AvgIpc) is 2.92. The fraction of sp³-hybridized carbons (Fsp3) is 0.192. The van der Waals surface area contributed by atoms with E-state index in [0.29, 0.717) is 37.4 Å². The minimum absolute atomic E-state index is 0.107. The summed E-state index contributed by atoms with van der Waals surface area (Å²) in [5.41, 5.74) is 1.52. The molecule has 0 radical (unpaired) electrons. The van der Waals surface area contributed by atoms with Gasteiger partial charge in [-0.25, -0.2) is 8.42 Å². The summed E-state index contributed by atoms with van der Waals surface area (Å²) in [6.45, 7) is 1.71. The quantitative estimate of drug-likeness (QED) is 0.271. The van der Waals surface area contributed by atoms with Gasteiger partial charge < -0.3 is 15.0 Å². The SMILES string of the molecule is COc1ccccc1N1CCN(S(=O)(=O)c2ccc(NC(=O)/C=C/c3ccccc3[N+](=O)[O-])cc2)CC1. The molecule has 1 aliphatic heterocycles. The summed E-state index contributed by atoms with van der Waals surface area (Å²) in [5, 5.41) is 13.7. The number of carbonyl (C=O) groups is 1. The Kier molecular flexibility index (Phi) is 7.85. The number of nitro groups is 1. The van der Waals surface area contributed by atoms with Crippen molar-refractivity contribution in [3.8, 4) is 5.75 Å². The van der Waals surface area contributed by atoms with E-state index >= 15 is 0 Å². The van der Waals surface area contributed by atoms with Gasteiger partial charge in [-0.05, 0) is 48.5 Å². The number of rotatable bonds is 8. The third-order valence-electron chi connectivity index (χ3n) is 5.97. The van der Waals surface area contributed by atoms with Crippen LogP contribution in [0.4, 0.5) is 17.1 Å². The molecule has 3 aromatic carbocycles. The summed E-state index contributed by atoms with van der Waals surface area (Å²) in [5.74, 6) is 0.245. The molecule has 3 aromatic rings. The van der Waals surface area contributed by atoms with Gasteiger partial charge in [-0.2, -0.15) is 4.31 Å². The van der Waals surface area contributed by atoms with Crippen molar-refractivity contribution >= 4 is 39.1 Å². The number of nitro benzene ring substituents is 1. The summed E-state index contributed by atoms with van der Waals surface area (Å²) < 4.78 is 33.2. The van der Waals surface area contributed by atoms with Gasteiger partial charge >= 0.3 is 0 Å². The molecule has 192 valence electrons. The van der Waals surface area contributed by atoms with E-state index in [4.69, 9.17) is 4.74 Å². The predicted octanol–water partition coefficient (Wildman–Crippen LogP) is 3.77. The zero-order valence-electron chi connectivity index (χ0n) is 20.1. The van der Waals surface area contributed by atoms with Gasteiger partial charge in [0.1, 0.15) is 5.75 Å². The van der Waals surface area contributed by atoms with Crippen LogP contribution in [0.15, 0.2) is 83.8 Å². The molecule has 1 N–H and O–H groups in total. The first-order chi connectivity index (χ1) is 17.8. The van der Waals surface area contributed by atoms with Crippen molar-refractivity contribution in [2.45, 2.75) is 4.90 Å². The number of hydrogen-bond acceptors (Lipinski definition) is 7. The molecule has 0 atom stereocenters. The summed E-state index contributed by atoms with van der Waals surface area (Å²) in [7, 11) is -2.09. The van der Waals surface area contributed by atoms with Crippen molar-refractivity contribution in [2.24, 2.45) is 0 Å². The van der Waals surface area contributed by atoms with Crippen LogP contribution in [-0.4, -0.2) is 56.8 Å². The third-order valence-corrected chi connectivity index (χ3v) is 7.88.